The third-order valence-corrected chi connectivity index (χ3v) is 9.36. The van der Waals surface area contributed by atoms with E-state index in [0.29, 0.717) is 6.42 Å². The summed E-state index contributed by atoms with van der Waals surface area (Å²) in [5, 5.41) is 10.3. The van der Waals surface area contributed by atoms with E-state index in [1.165, 1.54) is 6.42 Å². The zero-order valence-electron chi connectivity index (χ0n) is 22.2. The second-order valence-corrected chi connectivity index (χ2v) is 11.6. The van der Waals surface area contributed by atoms with E-state index in [2.05, 4.69) is 25.8 Å². The van der Waals surface area contributed by atoms with Gasteiger partial charge in [-0.05, 0) is 44.1 Å². The van der Waals surface area contributed by atoms with Gasteiger partial charge in [0.15, 0.2) is 0 Å². The Balaban J connectivity index is 1.45. The molecule has 10 heteroatoms. The molecule has 4 fully saturated rings. The molecule has 5 unspecified atom stereocenters. The Hall–Kier alpha value is -0.880. The van der Waals surface area contributed by atoms with Crippen molar-refractivity contribution in [2.75, 3.05) is 66.1 Å². The highest BCUT2D eigenvalue weighted by Gasteiger charge is 2.49. The van der Waals surface area contributed by atoms with Crippen LogP contribution in [0.25, 0.3) is 0 Å². The van der Waals surface area contributed by atoms with Gasteiger partial charge in [-0.2, -0.15) is 0 Å². The highest BCUT2D eigenvalue weighted by atomic mass is 19.1. The minimum absolute atomic E-state index is 0.0000302. The van der Waals surface area contributed by atoms with Gasteiger partial charge in [-0.15, -0.1) is 0 Å². The minimum atomic E-state index is -0.888. The third-order valence-electron chi connectivity index (χ3n) is 9.36. The first-order valence-corrected chi connectivity index (χ1v) is 14.3. The van der Waals surface area contributed by atoms with Crippen LogP contribution in [0.2, 0.25) is 0 Å². The van der Waals surface area contributed by atoms with E-state index in [1.54, 1.807) is 7.11 Å². The largest absolute Gasteiger partial charge is 0.383 e. The molecule has 9 nitrogen and oxygen atoms in total. The lowest BCUT2D eigenvalue weighted by Gasteiger charge is -2.48. The Kier molecular flexibility index (Phi) is 10.4. The van der Waals surface area contributed by atoms with E-state index in [1.807, 2.05) is 0 Å². The molecule has 1 saturated carbocycles. The lowest BCUT2D eigenvalue weighted by molar-refractivity contribution is -0.130. The average Bonchev–Trinajstić information content (AvgIpc) is 3.03. The lowest BCUT2D eigenvalue weighted by atomic mass is 9.63. The molecule has 208 valence electrons. The number of amides is 1. The van der Waals surface area contributed by atoms with Gasteiger partial charge in [0, 0.05) is 65.0 Å². The number of piperidine rings is 1. The second kappa shape index (κ2) is 13.3. The molecule has 5 atom stereocenters. The van der Waals surface area contributed by atoms with Crippen molar-refractivity contribution >= 4 is 5.91 Å². The zero-order chi connectivity index (χ0) is 25.5. The van der Waals surface area contributed by atoms with E-state index >= 15 is 0 Å². The van der Waals surface area contributed by atoms with Crippen molar-refractivity contribution in [3.05, 3.63) is 0 Å². The molecular formula is C26H50FN7O2. The SMILES string of the molecule is COCCN1CCN(C2CCNCC2NC(=O)C(C(N)N)C2NCC(F)CCC23CCCCC3)CC1. The summed E-state index contributed by atoms with van der Waals surface area (Å²) in [5.74, 6) is -0.663. The van der Waals surface area contributed by atoms with Gasteiger partial charge in [0.25, 0.3) is 0 Å². The van der Waals surface area contributed by atoms with Crippen molar-refractivity contribution in [1.29, 1.82) is 0 Å². The van der Waals surface area contributed by atoms with E-state index < -0.39 is 18.3 Å². The van der Waals surface area contributed by atoms with Crippen molar-refractivity contribution in [3.63, 3.8) is 0 Å². The van der Waals surface area contributed by atoms with Crippen LogP contribution in [0.3, 0.4) is 0 Å². The molecule has 0 aromatic heterocycles. The van der Waals surface area contributed by atoms with Gasteiger partial charge >= 0.3 is 0 Å². The smallest absolute Gasteiger partial charge is 0.227 e. The number of ether oxygens (including phenoxy) is 1. The fourth-order valence-electron chi connectivity index (χ4n) is 7.29. The van der Waals surface area contributed by atoms with Gasteiger partial charge in [0.05, 0.1) is 24.7 Å². The molecule has 36 heavy (non-hydrogen) atoms. The molecule has 4 aliphatic rings. The van der Waals surface area contributed by atoms with Crippen LogP contribution in [-0.4, -0.2) is 112 Å². The van der Waals surface area contributed by atoms with Crippen molar-refractivity contribution in [2.24, 2.45) is 22.8 Å². The van der Waals surface area contributed by atoms with Crippen LogP contribution in [0.15, 0.2) is 0 Å². The van der Waals surface area contributed by atoms with Crippen LogP contribution in [0.1, 0.15) is 51.4 Å². The molecule has 0 radical (unpaired) electrons. The zero-order valence-corrected chi connectivity index (χ0v) is 22.2. The standard InChI is InChI=1S/C26H50FN7O2/c1-36-16-15-33-11-13-34(14-12-33)21-6-10-30-18-20(21)32-25(35)22(24(28)29)23-26(7-3-2-4-8-26)9-5-19(27)17-31-23/h19-24,30-31H,2-18,28-29H2,1H3,(H,32,35). The fourth-order valence-corrected chi connectivity index (χ4v) is 7.29. The lowest BCUT2D eigenvalue weighted by Crippen LogP contribution is -2.66. The summed E-state index contributed by atoms with van der Waals surface area (Å²) in [6, 6.07) is 0.0910. The third kappa shape index (κ3) is 6.76. The number of nitrogens with one attached hydrogen (secondary N) is 3. The van der Waals surface area contributed by atoms with E-state index in [4.69, 9.17) is 16.2 Å². The molecule has 3 aliphatic heterocycles. The minimum Gasteiger partial charge on any atom is -0.383 e. The molecule has 1 amide bonds. The molecule has 3 heterocycles. The summed E-state index contributed by atoms with van der Waals surface area (Å²) in [6.07, 6.45) is 6.11. The Morgan fingerprint density at radius 1 is 1.11 bits per heavy atom. The van der Waals surface area contributed by atoms with Crippen molar-refractivity contribution in [2.45, 2.75) is 81.8 Å². The van der Waals surface area contributed by atoms with Crippen LogP contribution >= 0.6 is 0 Å². The molecule has 0 aromatic carbocycles. The molecule has 0 bridgehead atoms. The van der Waals surface area contributed by atoms with Crippen LogP contribution in [0, 0.1) is 11.3 Å². The topological polar surface area (TPSA) is 121 Å². The molecule has 1 aliphatic carbocycles. The maximum Gasteiger partial charge on any atom is 0.227 e. The summed E-state index contributed by atoms with van der Waals surface area (Å²) in [5.41, 5.74) is 12.5. The number of rotatable bonds is 8. The first-order valence-electron chi connectivity index (χ1n) is 14.3. The van der Waals surface area contributed by atoms with Crippen LogP contribution < -0.4 is 27.4 Å². The highest BCUT2D eigenvalue weighted by Crippen LogP contribution is 2.47. The van der Waals surface area contributed by atoms with E-state index in [-0.39, 0.29) is 36.0 Å². The predicted molar refractivity (Wildman–Crippen MR) is 140 cm³/mol. The fraction of sp³-hybridized carbons (Fsp3) is 0.962. The van der Waals surface area contributed by atoms with Gasteiger partial charge in [0.2, 0.25) is 5.91 Å². The van der Waals surface area contributed by atoms with E-state index in [0.717, 1.165) is 90.9 Å². The van der Waals surface area contributed by atoms with Gasteiger partial charge in [0.1, 0.15) is 6.17 Å². The number of piperazine rings is 1. The average molecular weight is 512 g/mol. The highest BCUT2D eigenvalue weighted by molar-refractivity contribution is 5.80. The Morgan fingerprint density at radius 2 is 1.86 bits per heavy atom. The van der Waals surface area contributed by atoms with E-state index in [9.17, 15) is 9.18 Å². The Labute approximate surface area is 216 Å². The van der Waals surface area contributed by atoms with Crippen LogP contribution in [0.5, 0.6) is 0 Å². The predicted octanol–water partition coefficient (Wildman–Crippen LogP) is -0.00260. The molecule has 1 spiro atoms. The number of hydrogen-bond donors (Lipinski definition) is 5. The number of nitrogens with two attached hydrogens (primary N) is 2. The maximum absolute atomic E-state index is 14.5. The summed E-state index contributed by atoms with van der Waals surface area (Å²) >= 11 is 0. The van der Waals surface area contributed by atoms with Crippen LogP contribution in [0.4, 0.5) is 4.39 Å². The van der Waals surface area contributed by atoms with Gasteiger partial charge in [-0.3, -0.25) is 14.6 Å². The number of carbonyl (C=O) groups is 1. The number of halogens is 1. The number of nitrogens with zero attached hydrogens (tertiary/aromatic N) is 2. The first-order chi connectivity index (χ1) is 17.4. The number of alkyl halides is 1. The Morgan fingerprint density at radius 3 is 2.56 bits per heavy atom. The van der Waals surface area contributed by atoms with Crippen molar-refractivity contribution < 1.29 is 13.9 Å². The normalized spacial score (nSPS) is 33.4. The number of hydrogen-bond acceptors (Lipinski definition) is 8. The number of methoxy groups -OCH3 is 1. The summed E-state index contributed by atoms with van der Waals surface area (Å²) in [6.45, 7) is 7.69. The van der Waals surface area contributed by atoms with Gasteiger partial charge in [-0.1, -0.05) is 19.3 Å². The van der Waals surface area contributed by atoms with Crippen molar-refractivity contribution in [1.82, 2.24) is 25.8 Å². The van der Waals surface area contributed by atoms with Crippen LogP contribution in [-0.2, 0) is 9.53 Å². The summed E-state index contributed by atoms with van der Waals surface area (Å²) in [7, 11) is 1.75. The molecular weight excluding hydrogens is 461 g/mol. The summed E-state index contributed by atoms with van der Waals surface area (Å²) in [4.78, 5) is 18.9. The second-order valence-electron chi connectivity index (χ2n) is 11.6. The number of carbonyl (C=O) groups excluding carboxylic acids is 1. The van der Waals surface area contributed by atoms with Crippen molar-refractivity contribution in [3.8, 4) is 0 Å². The quantitative estimate of drug-likeness (QED) is 0.289. The van der Waals surface area contributed by atoms with Gasteiger partial charge < -0.3 is 32.2 Å². The Bertz CT molecular complexity index is 685. The summed E-state index contributed by atoms with van der Waals surface area (Å²) < 4.78 is 19.7. The molecule has 3 saturated heterocycles. The first kappa shape index (κ1) is 28.1. The molecule has 0 aromatic rings. The molecule has 4 rings (SSSR count). The monoisotopic (exact) mass is 511 g/mol. The van der Waals surface area contributed by atoms with Gasteiger partial charge in [-0.25, -0.2) is 4.39 Å². The maximum atomic E-state index is 14.5. The molecule has 7 N–H and O–H groups in total.